The quantitative estimate of drug-likeness (QED) is 0.0339. The summed E-state index contributed by atoms with van der Waals surface area (Å²) in [5.41, 5.74) is 20.6. The zero-order valence-corrected chi connectivity index (χ0v) is 77.6. The molecule has 686 valence electrons. The number of aromatic nitrogens is 25. The summed E-state index contributed by atoms with van der Waals surface area (Å²) in [4.78, 5) is 25.1. The molecule has 5 aliphatic heterocycles. The zero-order chi connectivity index (χ0) is 89.4. The van der Waals surface area contributed by atoms with Gasteiger partial charge >= 0.3 is 0 Å². The Bertz CT molecular complexity index is 6240. The van der Waals surface area contributed by atoms with Gasteiger partial charge in [0.25, 0.3) is 0 Å². The third-order valence-corrected chi connectivity index (χ3v) is 26.2. The Hall–Kier alpha value is -12.1. The molecule has 2 saturated carbocycles. The Morgan fingerprint density at radius 2 is 0.623 bits per heavy atom. The van der Waals surface area contributed by atoms with Crippen LogP contribution in [-0.2, 0) is 35.2 Å². The van der Waals surface area contributed by atoms with Gasteiger partial charge in [-0.15, -0.1) is 0 Å². The maximum absolute atomic E-state index is 5.07. The number of piperidine rings is 5. The minimum Gasteiger partial charge on any atom is -0.370 e. The Morgan fingerprint density at radius 1 is 0.338 bits per heavy atom. The van der Waals surface area contributed by atoms with Crippen LogP contribution >= 0.6 is 0 Å². The van der Waals surface area contributed by atoms with Crippen LogP contribution < -0.4 is 53.2 Å². The summed E-state index contributed by atoms with van der Waals surface area (Å²) in [6.07, 6.45) is 51.3. The van der Waals surface area contributed by atoms with Crippen LogP contribution in [0.4, 0.5) is 29.1 Å². The molecule has 15 aromatic heterocycles. The first kappa shape index (κ1) is 88.6. The monoisotopic (exact) mass is 1760 g/mol. The molecule has 0 bridgehead atoms. The zero-order valence-electron chi connectivity index (χ0n) is 77.6. The van der Waals surface area contributed by atoms with Gasteiger partial charge in [0.15, 0.2) is 28.2 Å². The average Bonchev–Trinajstić information content (AvgIpc) is 1.67. The summed E-state index contributed by atoms with van der Waals surface area (Å²) < 4.78 is 18.7. The standard InChI is InChI=1S/C21H29N7.C20H27N7.C19H27N7.C18H25N7.C17H23N7/c1-27-14-17(12-24-27)18-13-25-28-20(23-10-15-5-2-3-6-15)9-19(26-21(18)28)16-7-4-8-22-11-16;1-26-13-15(11-22-26)17-12-23-27-19(24-16-6-2-3-7-16)9-18(25-20(17)27)14-5-4-8-21-10-14;1-19(2,3)24-17-8-16(13-6-5-7-20-9-13)23-18-15(11-22-26(17)18)14-10-21-25(4)12-14;1-12(2)22-17-7-16(13-5-4-6-19-8-13)23-18-15(10-21-25(17)18)14-9-20-24(3)11-14;1-3-19-16-7-15(12-5-4-6-18-8-12)22-17-14(10-21-24(16)17)13-9-20-23(2)11-13/h9,12-16,22-23H,2-8,10-11H2,1H3;9,11-14,16,21,24H,2-8,10H2,1H3;8,10-13,20,24H,5-7,9H2,1-4H3;7,9-13,19,22H,4-6,8H2,1-3H3;7,9-12,18-19H,3-6,8H2,1-2H3. The van der Waals surface area contributed by atoms with Crippen LogP contribution in [0.15, 0.2) is 123 Å². The summed E-state index contributed by atoms with van der Waals surface area (Å²) in [7, 11) is 9.65. The van der Waals surface area contributed by atoms with Crippen LogP contribution in [0, 0.1) is 5.92 Å². The van der Waals surface area contributed by atoms with Crippen molar-refractivity contribution in [2.75, 3.05) is 105 Å². The molecular weight excluding hydrogens is 1630 g/mol. The molecule has 5 saturated heterocycles. The summed E-state index contributed by atoms with van der Waals surface area (Å²) in [5, 5.41) is 80.1. The van der Waals surface area contributed by atoms with E-state index in [4.69, 9.17) is 24.9 Å². The van der Waals surface area contributed by atoms with Crippen molar-refractivity contribution < 1.29 is 0 Å². The maximum atomic E-state index is 5.07. The van der Waals surface area contributed by atoms with Crippen molar-refractivity contribution in [3.05, 3.63) is 152 Å². The van der Waals surface area contributed by atoms with Gasteiger partial charge in [-0.1, -0.05) is 25.7 Å². The number of hydrogen-bond donors (Lipinski definition) is 10. The molecule has 0 radical (unpaired) electrons. The van der Waals surface area contributed by atoms with E-state index in [9.17, 15) is 0 Å². The van der Waals surface area contributed by atoms with Crippen molar-refractivity contribution in [1.29, 1.82) is 0 Å². The molecule has 7 aliphatic rings. The van der Waals surface area contributed by atoms with E-state index in [0.29, 0.717) is 41.7 Å². The lowest BCUT2D eigenvalue weighted by Gasteiger charge is -2.26. The molecule has 0 amide bonds. The molecule has 7 fully saturated rings. The smallest absolute Gasteiger partial charge is 0.165 e. The van der Waals surface area contributed by atoms with E-state index >= 15 is 0 Å². The van der Waals surface area contributed by atoms with Gasteiger partial charge in [-0.05, 0) is 170 Å². The Balaban J connectivity index is 0.000000109. The van der Waals surface area contributed by atoms with E-state index in [1.807, 2.05) is 165 Å². The lowest BCUT2D eigenvalue weighted by Crippen LogP contribution is -2.30. The second-order valence-electron chi connectivity index (χ2n) is 37.9. The number of hydrogen-bond acceptors (Lipinski definition) is 25. The van der Waals surface area contributed by atoms with E-state index in [1.54, 1.807) is 9.36 Å². The number of aryl methyl sites for hydroxylation is 5. The van der Waals surface area contributed by atoms with Gasteiger partial charge in [-0.2, -0.15) is 73.6 Å². The summed E-state index contributed by atoms with van der Waals surface area (Å²) in [6, 6.07) is 11.8. The molecule has 20 heterocycles. The Labute approximate surface area is 759 Å². The van der Waals surface area contributed by atoms with Crippen molar-refractivity contribution in [2.45, 2.75) is 204 Å². The van der Waals surface area contributed by atoms with Gasteiger partial charge in [0, 0.05) is 245 Å². The first-order valence-electron chi connectivity index (χ1n) is 47.5. The van der Waals surface area contributed by atoms with Crippen LogP contribution in [0.5, 0.6) is 0 Å². The van der Waals surface area contributed by atoms with Gasteiger partial charge in [0.1, 0.15) is 29.1 Å². The van der Waals surface area contributed by atoms with Crippen LogP contribution in [0.25, 0.3) is 83.9 Å². The number of fused-ring (bicyclic) bond motifs is 5. The number of anilines is 5. The number of nitrogens with zero attached hydrogens (tertiary/aromatic N) is 25. The van der Waals surface area contributed by atoms with E-state index in [1.165, 1.54) is 127 Å². The summed E-state index contributed by atoms with van der Waals surface area (Å²) in [5.74, 6) is 8.15. The van der Waals surface area contributed by atoms with Gasteiger partial charge < -0.3 is 53.2 Å². The fourth-order valence-electron chi connectivity index (χ4n) is 19.4. The molecule has 2 aliphatic carbocycles. The Morgan fingerprint density at radius 3 is 0.915 bits per heavy atom. The van der Waals surface area contributed by atoms with Crippen LogP contribution in [0.3, 0.4) is 0 Å². The van der Waals surface area contributed by atoms with Crippen molar-refractivity contribution >= 4 is 57.3 Å². The molecule has 0 spiro atoms. The van der Waals surface area contributed by atoms with E-state index in [2.05, 4.69) is 176 Å². The lowest BCUT2D eigenvalue weighted by atomic mass is 9.95. The van der Waals surface area contributed by atoms with Crippen molar-refractivity contribution in [3.63, 3.8) is 0 Å². The largest absolute Gasteiger partial charge is 0.370 e. The number of rotatable bonds is 20. The summed E-state index contributed by atoms with van der Waals surface area (Å²) in [6.45, 7) is 25.2. The van der Waals surface area contributed by atoms with E-state index < -0.39 is 0 Å². The normalized spacial score (nSPS) is 19.4. The average molecular weight is 1760 g/mol. The fourth-order valence-corrected chi connectivity index (χ4v) is 19.4. The SMILES string of the molecule is CC(C)Nc1cc(C2CCCNC2)nc2c(-c3cnn(C)c3)cnn12.CCNc1cc(C2CCCNC2)nc2c(-c3cnn(C)c3)cnn12.Cn1cc(-c2cnn3c(NC(C)(C)C)cc(C4CCCNC4)nc23)cn1.Cn1cc(-c2cnn3c(NC4CCCC4)cc(C4CCCNC4)nc23)cn1.Cn1cc(-c2cnn3c(NCC4CCCC4)cc(C4CCCNC4)nc23)cn1. The van der Waals surface area contributed by atoms with Gasteiger partial charge in [-0.3, -0.25) is 23.4 Å². The second-order valence-corrected chi connectivity index (χ2v) is 37.9. The maximum Gasteiger partial charge on any atom is 0.165 e. The van der Waals surface area contributed by atoms with Crippen molar-refractivity contribution in [1.82, 2.24) is 148 Å². The highest BCUT2D eigenvalue weighted by atomic mass is 15.4. The highest BCUT2D eigenvalue weighted by molar-refractivity contribution is 5.82. The van der Waals surface area contributed by atoms with Gasteiger partial charge in [0.05, 0.1) is 90.4 Å². The van der Waals surface area contributed by atoms with Crippen molar-refractivity contribution in [2.24, 2.45) is 41.2 Å². The highest BCUT2D eigenvalue weighted by Crippen LogP contribution is 2.38. The Kier molecular flexibility index (Phi) is 27.3. The molecule has 130 heavy (non-hydrogen) atoms. The molecule has 5 unspecified atom stereocenters. The molecule has 15 aromatic rings. The molecule has 35 nitrogen and oxygen atoms in total. The molecule has 35 heteroatoms. The van der Waals surface area contributed by atoms with Crippen LogP contribution in [0.2, 0.25) is 0 Å². The molecule has 10 N–H and O–H groups in total. The first-order chi connectivity index (χ1) is 63.3. The molecule has 22 rings (SSSR count). The minimum atomic E-state index is -0.0587. The second kappa shape index (κ2) is 40.1. The van der Waals surface area contributed by atoms with Crippen molar-refractivity contribution in [3.8, 4) is 55.6 Å². The van der Waals surface area contributed by atoms with Gasteiger partial charge in [-0.25, -0.2) is 24.9 Å². The third-order valence-electron chi connectivity index (χ3n) is 26.2. The van der Waals surface area contributed by atoms with E-state index in [-0.39, 0.29) is 5.54 Å². The highest BCUT2D eigenvalue weighted by Gasteiger charge is 2.30. The molecule has 0 aromatic carbocycles. The van der Waals surface area contributed by atoms with Gasteiger partial charge in [0.2, 0.25) is 0 Å². The molecular formula is C95H131N35. The predicted molar refractivity (Wildman–Crippen MR) is 513 cm³/mol. The predicted octanol–water partition coefficient (Wildman–Crippen LogP) is 13.4. The number of nitrogens with one attached hydrogen (secondary N) is 10. The third kappa shape index (κ3) is 20.6. The topological polar surface area (TPSA) is 360 Å². The minimum absolute atomic E-state index is 0.0587. The molecule has 5 atom stereocenters. The van der Waals surface area contributed by atoms with Crippen LogP contribution in [0.1, 0.15) is 215 Å². The fraction of sp³-hybridized carbons (Fsp3) is 0.526. The van der Waals surface area contributed by atoms with Crippen LogP contribution in [-0.4, -0.2) is 218 Å². The lowest BCUT2D eigenvalue weighted by molar-refractivity contribution is 0.454. The first-order valence-corrected chi connectivity index (χ1v) is 47.5. The van der Waals surface area contributed by atoms with E-state index in [0.717, 1.165) is 214 Å². The summed E-state index contributed by atoms with van der Waals surface area (Å²) >= 11 is 0.